The van der Waals surface area contributed by atoms with Crippen molar-refractivity contribution in [3.63, 3.8) is 0 Å². The van der Waals surface area contributed by atoms with Gasteiger partial charge in [0.1, 0.15) is 5.75 Å². The maximum Gasteiger partial charge on any atom is 0.126 e. The molecule has 0 aliphatic heterocycles. The molecule has 0 spiro atoms. The highest BCUT2D eigenvalue weighted by Crippen LogP contribution is 2.19. The molecule has 0 aliphatic carbocycles. The lowest BCUT2D eigenvalue weighted by atomic mass is 10.2. The molecule has 0 heterocycles. The van der Waals surface area contributed by atoms with Crippen molar-refractivity contribution in [2.45, 2.75) is 13.3 Å². The second-order valence-corrected chi connectivity index (χ2v) is 3.34. The van der Waals surface area contributed by atoms with Gasteiger partial charge in [0.05, 0.1) is 6.61 Å². The molecule has 2 heteroatoms. The van der Waals surface area contributed by atoms with E-state index in [1.165, 1.54) is 0 Å². The van der Waals surface area contributed by atoms with Crippen LogP contribution in [0.3, 0.4) is 0 Å². The van der Waals surface area contributed by atoms with Gasteiger partial charge in [0, 0.05) is 5.56 Å². The van der Waals surface area contributed by atoms with Crippen molar-refractivity contribution >= 4 is 6.08 Å². The number of rotatable bonds is 6. The molecule has 0 saturated heterocycles. The fraction of sp³-hybridized carbons (Fsp3) is 0.385. The quantitative estimate of drug-likeness (QED) is 0.721. The number of allylic oxidation sites excluding steroid dienone is 1. The fourth-order valence-corrected chi connectivity index (χ4v) is 1.36. The first-order valence-corrected chi connectivity index (χ1v) is 5.37. The second kappa shape index (κ2) is 7.07. The molecular weight excluding hydrogens is 186 g/mol. The molecule has 0 unspecified atom stereocenters. The van der Waals surface area contributed by atoms with Crippen LogP contribution in [0, 0.1) is 0 Å². The summed E-state index contributed by atoms with van der Waals surface area (Å²) in [4.78, 5) is 0. The number of benzene rings is 1. The van der Waals surface area contributed by atoms with Crippen molar-refractivity contribution in [1.29, 1.82) is 0 Å². The minimum absolute atomic E-state index is 0.759. The van der Waals surface area contributed by atoms with Crippen LogP contribution in [0.1, 0.15) is 18.9 Å². The lowest BCUT2D eigenvalue weighted by Gasteiger charge is -2.08. The molecule has 82 valence electrons. The summed E-state index contributed by atoms with van der Waals surface area (Å²) in [6.07, 6.45) is 5.11. The van der Waals surface area contributed by atoms with E-state index in [2.05, 4.69) is 17.5 Å². The summed E-state index contributed by atoms with van der Waals surface area (Å²) in [6, 6.07) is 8.10. The highest BCUT2D eigenvalue weighted by atomic mass is 16.5. The number of hydrogen-bond acceptors (Lipinski definition) is 2. The van der Waals surface area contributed by atoms with Gasteiger partial charge in [-0.2, -0.15) is 0 Å². The molecule has 0 aliphatic rings. The van der Waals surface area contributed by atoms with Crippen molar-refractivity contribution in [3.05, 3.63) is 35.9 Å². The Balaban J connectivity index is 2.51. The van der Waals surface area contributed by atoms with Gasteiger partial charge in [-0.05, 0) is 33.0 Å². The summed E-state index contributed by atoms with van der Waals surface area (Å²) in [5, 5.41) is 3.10. The van der Waals surface area contributed by atoms with Crippen LogP contribution in [-0.2, 0) is 0 Å². The largest absolute Gasteiger partial charge is 0.493 e. The smallest absolute Gasteiger partial charge is 0.126 e. The minimum Gasteiger partial charge on any atom is -0.493 e. The first-order valence-electron chi connectivity index (χ1n) is 5.37. The maximum absolute atomic E-state index is 5.70. The van der Waals surface area contributed by atoms with Crippen LogP contribution in [0.2, 0.25) is 0 Å². The molecule has 0 fully saturated rings. The van der Waals surface area contributed by atoms with Crippen LogP contribution in [0.25, 0.3) is 6.08 Å². The summed E-state index contributed by atoms with van der Waals surface area (Å²) in [6.45, 7) is 3.76. The molecule has 2 nitrogen and oxygen atoms in total. The Hall–Kier alpha value is -1.28. The van der Waals surface area contributed by atoms with Crippen LogP contribution < -0.4 is 10.1 Å². The van der Waals surface area contributed by atoms with Crippen LogP contribution in [-0.4, -0.2) is 20.2 Å². The third kappa shape index (κ3) is 4.17. The zero-order chi connectivity index (χ0) is 10.9. The summed E-state index contributed by atoms with van der Waals surface area (Å²) < 4.78 is 5.70. The van der Waals surface area contributed by atoms with Crippen molar-refractivity contribution in [3.8, 4) is 5.75 Å². The third-order valence-electron chi connectivity index (χ3n) is 2.09. The molecule has 0 amide bonds. The van der Waals surface area contributed by atoms with Crippen molar-refractivity contribution < 1.29 is 4.74 Å². The summed E-state index contributed by atoms with van der Waals surface area (Å²) in [5.41, 5.74) is 1.14. The summed E-state index contributed by atoms with van der Waals surface area (Å²) in [5.74, 6) is 0.965. The number of hydrogen-bond donors (Lipinski definition) is 1. The Morgan fingerprint density at radius 3 is 2.87 bits per heavy atom. The van der Waals surface area contributed by atoms with E-state index in [9.17, 15) is 0 Å². The number of nitrogens with one attached hydrogen (secondary N) is 1. The van der Waals surface area contributed by atoms with Gasteiger partial charge in [-0.1, -0.05) is 30.4 Å². The Morgan fingerprint density at radius 2 is 2.13 bits per heavy atom. The van der Waals surface area contributed by atoms with Crippen molar-refractivity contribution in [1.82, 2.24) is 5.32 Å². The molecule has 1 aromatic rings. The van der Waals surface area contributed by atoms with Gasteiger partial charge < -0.3 is 10.1 Å². The summed E-state index contributed by atoms with van der Waals surface area (Å²) in [7, 11) is 1.95. The van der Waals surface area contributed by atoms with Gasteiger partial charge >= 0.3 is 0 Å². The molecule has 1 rings (SSSR count). The van der Waals surface area contributed by atoms with Crippen LogP contribution in [0.15, 0.2) is 30.3 Å². The number of ether oxygens (including phenoxy) is 1. The van der Waals surface area contributed by atoms with E-state index < -0.39 is 0 Å². The molecule has 0 aromatic heterocycles. The van der Waals surface area contributed by atoms with Gasteiger partial charge in [-0.3, -0.25) is 0 Å². The van der Waals surface area contributed by atoms with Gasteiger partial charge in [0.2, 0.25) is 0 Å². The van der Waals surface area contributed by atoms with Crippen LogP contribution in [0.5, 0.6) is 5.75 Å². The third-order valence-corrected chi connectivity index (χ3v) is 2.09. The van der Waals surface area contributed by atoms with E-state index in [0.717, 1.165) is 30.9 Å². The van der Waals surface area contributed by atoms with E-state index in [-0.39, 0.29) is 0 Å². The molecule has 15 heavy (non-hydrogen) atoms. The molecule has 0 bridgehead atoms. The molecule has 1 aromatic carbocycles. The predicted molar refractivity (Wildman–Crippen MR) is 65.2 cm³/mol. The van der Waals surface area contributed by atoms with Gasteiger partial charge in [-0.15, -0.1) is 0 Å². The standard InChI is InChI=1S/C13H19NO/c1-3-7-12-8-4-5-9-13(12)15-11-6-10-14-2/h3-5,7-9,14H,6,10-11H2,1-2H3. The monoisotopic (exact) mass is 205 g/mol. The van der Waals surface area contributed by atoms with Crippen molar-refractivity contribution in [2.75, 3.05) is 20.2 Å². The van der Waals surface area contributed by atoms with Gasteiger partial charge in [0.15, 0.2) is 0 Å². The molecule has 1 N–H and O–H groups in total. The average Bonchev–Trinajstić information content (AvgIpc) is 2.27. The lowest BCUT2D eigenvalue weighted by molar-refractivity contribution is 0.309. The first-order chi connectivity index (χ1) is 7.38. The predicted octanol–water partition coefficient (Wildman–Crippen LogP) is 2.71. The molecule has 0 radical (unpaired) electrons. The normalized spacial score (nSPS) is 10.8. The SMILES string of the molecule is CC=Cc1ccccc1OCCCNC. The Labute approximate surface area is 92.0 Å². The van der Waals surface area contributed by atoms with E-state index in [1.807, 2.05) is 38.2 Å². The summed E-state index contributed by atoms with van der Waals surface area (Å²) >= 11 is 0. The maximum atomic E-state index is 5.70. The zero-order valence-electron chi connectivity index (χ0n) is 9.49. The van der Waals surface area contributed by atoms with Crippen LogP contribution >= 0.6 is 0 Å². The Morgan fingerprint density at radius 1 is 1.33 bits per heavy atom. The van der Waals surface area contributed by atoms with Crippen molar-refractivity contribution in [2.24, 2.45) is 0 Å². The fourth-order valence-electron chi connectivity index (χ4n) is 1.36. The van der Waals surface area contributed by atoms with Crippen LogP contribution in [0.4, 0.5) is 0 Å². The van der Waals surface area contributed by atoms with Gasteiger partial charge in [-0.25, -0.2) is 0 Å². The van der Waals surface area contributed by atoms with E-state index in [4.69, 9.17) is 4.74 Å². The molecule has 0 saturated carbocycles. The molecular formula is C13H19NO. The zero-order valence-corrected chi connectivity index (χ0v) is 9.49. The highest BCUT2D eigenvalue weighted by molar-refractivity contribution is 5.56. The van der Waals surface area contributed by atoms with E-state index >= 15 is 0 Å². The van der Waals surface area contributed by atoms with E-state index in [1.54, 1.807) is 0 Å². The minimum atomic E-state index is 0.759. The Kier molecular flexibility index (Phi) is 5.56. The molecule has 0 atom stereocenters. The average molecular weight is 205 g/mol. The van der Waals surface area contributed by atoms with E-state index in [0.29, 0.717) is 0 Å². The van der Waals surface area contributed by atoms with Gasteiger partial charge in [0.25, 0.3) is 0 Å². The topological polar surface area (TPSA) is 21.3 Å². The first kappa shape index (κ1) is 11.8. The second-order valence-electron chi connectivity index (χ2n) is 3.34. The lowest BCUT2D eigenvalue weighted by Crippen LogP contribution is -2.11. The highest BCUT2D eigenvalue weighted by Gasteiger charge is 1.98. The number of para-hydroxylation sites is 1. The Bertz CT molecular complexity index is 307.